The highest BCUT2D eigenvalue weighted by atomic mass is 35.5. The van der Waals surface area contributed by atoms with Crippen LogP contribution in [-0.2, 0) is 0 Å². The largest absolute Gasteiger partial charge is 0.363 e. The monoisotopic (exact) mass is 431 g/mol. The highest BCUT2D eigenvalue weighted by Crippen LogP contribution is 2.33. The first-order valence-corrected chi connectivity index (χ1v) is 9.01. The normalized spacial score (nSPS) is 14.2. The number of hydrogen-bond acceptors (Lipinski definition) is 3. The van der Waals surface area contributed by atoms with Crippen LogP contribution in [0.4, 0.5) is 23.2 Å². The van der Waals surface area contributed by atoms with Crippen LogP contribution in [0, 0.1) is 23.3 Å². The second-order valence-corrected chi connectivity index (χ2v) is 6.78. The topological polar surface area (TPSA) is 35.6 Å². The minimum atomic E-state index is -1.64. The molecule has 0 aromatic heterocycles. The summed E-state index contributed by atoms with van der Waals surface area (Å²) in [4.78, 5) is 15.0. The van der Waals surface area contributed by atoms with E-state index < -0.39 is 34.0 Å². The number of benzene rings is 2. The molecule has 3 rings (SSSR count). The molecule has 10 heteroatoms. The molecule has 1 fully saturated rings. The number of hydrogen-bond donors (Lipinski definition) is 1. The summed E-state index contributed by atoms with van der Waals surface area (Å²) in [5.74, 6) is -6.74. The predicted molar refractivity (Wildman–Crippen MR) is 102 cm³/mol. The molecular formula is C18H14ClF4N3OS. The smallest absolute Gasteiger partial charge is 0.257 e. The first-order chi connectivity index (χ1) is 13.3. The van der Waals surface area contributed by atoms with E-state index in [2.05, 4.69) is 5.32 Å². The van der Waals surface area contributed by atoms with Crippen molar-refractivity contribution in [2.45, 2.75) is 0 Å². The summed E-state index contributed by atoms with van der Waals surface area (Å²) < 4.78 is 55.6. The Morgan fingerprint density at radius 2 is 1.46 bits per heavy atom. The molecule has 0 aliphatic carbocycles. The fourth-order valence-electron chi connectivity index (χ4n) is 2.84. The van der Waals surface area contributed by atoms with Crippen LogP contribution in [0.5, 0.6) is 0 Å². The Morgan fingerprint density at radius 3 is 2.00 bits per heavy atom. The Bertz CT molecular complexity index is 892. The molecule has 0 unspecified atom stereocenters. The van der Waals surface area contributed by atoms with Crippen LogP contribution >= 0.6 is 23.8 Å². The molecule has 4 nitrogen and oxygen atoms in total. The number of carbonyl (C=O) groups excluding carboxylic acids is 1. The van der Waals surface area contributed by atoms with Crippen LogP contribution in [0.2, 0.25) is 5.02 Å². The van der Waals surface area contributed by atoms with Gasteiger partial charge in [-0.2, -0.15) is 0 Å². The minimum absolute atomic E-state index is 0.0374. The van der Waals surface area contributed by atoms with Crippen molar-refractivity contribution in [3.63, 3.8) is 0 Å². The molecule has 1 saturated heterocycles. The van der Waals surface area contributed by atoms with Crippen molar-refractivity contribution in [1.29, 1.82) is 0 Å². The molecule has 1 N–H and O–H groups in total. The van der Waals surface area contributed by atoms with Crippen LogP contribution in [-0.4, -0.2) is 42.1 Å². The molecule has 1 aliphatic heterocycles. The zero-order valence-electron chi connectivity index (χ0n) is 14.3. The first-order valence-electron chi connectivity index (χ1n) is 8.23. The molecule has 1 heterocycles. The molecule has 0 atom stereocenters. The summed E-state index contributed by atoms with van der Waals surface area (Å²) >= 11 is 10.5. The highest BCUT2D eigenvalue weighted by Gasteiger charge is 2.30. The Hall–Kier alpha value is -2.39. The van der Waals surface area contributed by atoms with Gasteiger partial charge in [0, 0.05) is 31.7 Å². The Balaban J connectivity index is 1.67. The summed E-state index contributed by atoms with van der Waals surface area (Å²) in [5, 5.41) is 1.52. The number of nitrogens with zero attached hydrogens (tertiary/aromatic N) is 2. The number of amides is 1. The maximum absolute atomic E-state index is 14.1. The van der Waals surface area contributed by atoms with Crippen molar-refractivity contribution in [3.05, 3.63) is 64.2 Å². The molecule has 2 aromatic rings. The van der Waals surface area contributed by atoms with Crippen molar-refractivity contribution in [2.24, 2.45) is 0 Å². The van der Waals surface area contributed by atoms with Crippen LogP contribution in [0.15, 0.2) is 30.3 Å². The van der Waals surface area contributed by atoms with E-state index in [-0.39, 0.29) is 37.2 Å². The zero-order chi connectivity index (χ0) is 20.4. The molecule has 1 amide bonds. The number of nitrogens with one attached hydrogen (secondary N) is 1. The molecule has 0 bridgehead atoms. The number of thiocarbonyl (C=S) groups is 1. The molecule has 148 valence electrons. The van der Waals surface area contributed by atoms with E-state index in [1.165, 1.54) is 4.90 Å². The molecule has 0 radical (unpaired) electrons. The molecule has 2 aromatic carbocycles. The van der Waals surface area contributed by atoms with Crippen molar-refractivity contribution in [2.75, 3.05) is 31.1 Å². The van der Waals surface area contributed by atoms with Gasteiger partial charge in [0.1, 0.15) is 10.7 Å². The van der Waals surface area contributed by atoms with Crippen molar-refractivity contribution < 1.29 is 22.4 Å². The maximum Gasteiger partial charge on any atom is 0.257 e. The molecule has 1 aliphatic rings. The molecular weight excluding hydrogens is 418 g/mol. The van der Waals surface area contributed by atoms with Gasteiger partial charge in [0.25, 0.3) is 5.91 Å². The van der Waals surface area contributed by atoms with Gasteiger partial charge in [-0.15, -0.1) is 0 Å². The van der Waals surface area contributed by atoms with Gasteiger partial charge in [0.15, 0.2) is 28.4 Å². The number of piperazine rings is 1. The van der Waals surface area contributed by atoms with E-state index in [9.17, 15) is 22.4 Å². The standard InChI is InChI=1S/C18H14ClF4N3OS/c19-11-12(20)14(22)16(15(23)13(11)21)25-6-8-26(9-7-25)18(28)24-17(27)10-4-2-1-3-5-10/h1-5H,6-9H2,(H,24,27,28). The fourth-order valence-corrected chi connectivity index (χ4v) is 3.28. The minimum Gasteiger partial charge on any atom is -0.363 e. The third-order valence-electron chi connectivity index (χ3n) is 4.33. The summed E-state index contributed by atoms with van der Waals surface area (Å²) in [7, 11) is 0. The quantitative estimate of drug-likeness (QED) is 0.340. The predicted octanol–water partition coefficient (Wildman–Crippen LogP) is 3.73. The van der Waals surface area contributed by atoms with Crippen molar-refractivity contribution in [1.82, 2.24) is 10.2 Å². The lowest BCUT2D eigenvalue weighted by molar-refractivity contribution is 0.0973. The van der Waals surface area contributed by atoms with Gasteiger partial charge in [-0.1, -0.05) is 29.8 Å². The van der Waals surface area contributed by atoms with Gasteiger partial charge >= 0.3 is 0 Å². The second-order valence-electron chi connectivity index (χ2n) is 6.02. The number of anilines is 1. The molecule has 0 spiro atoms. The van der Waals surface area contributed by atoms with Crippen LogP contribution in [0.3, 0.4) is 0 Å². The van der Waals surface area contributed by atoms with Gasteiger partial charge in [0.05, 0.1) is 0 Å². The van der Waals surface area contributed by atoms with E-state index in [1.807, 2.05) is 0 Å². The van der Waals surface area contributed by atoms with E-state index in [4.69, 9.17) is 23.8 Å². The Morgan fingerprint density at radius 1 is 0.929 bits per heavy atom. The van der Waals surface area contributed by atoms with Crippen molar-refractivity contribution in [3.8, 4) is 0 Å². The lowest BCUT2D eigenvalue weighted by Crippen LogP contribution is -2.53. The zero-order valence-corrected chi connectivity index (χ0v) is 15.9. The third kappa shape index (κ3) is 3.90. The fraction of sp³-hybridized carbons (Fsp3) is 0.222. The second kappa shape index (κ2) is 8.32. The van der Waals surface area contributed by atoms with Gasteiger partial charge < -0.3 is 9.80 Å². The van der Waals surface area contributed by atoms with E-state index >= 15 is 0 Å². The lowest BCUT2D eigenvalue weighted by atomic mass is 10.2. The summed E-state index contributed by atoms with van der Waals surface area (Å²) in [6.07, 6.45) is 0. The van der Waals surface area contributed by atoms with Crippen LogP contribution < -0.4 is 10.2 Å². The summed E-state index contributed by atoms with van der Waals surface area (Å²) in [6, 6.07) is 8.46. The van der Waals surface area contributed by atoms with Gasteiger partial charge in [-0.05, 0) is 24.4 Å². The van der Waals surface area contributed by atoms with Crippen molar-refractivity contribution >= 4 is 40.5 Å². The van der Waals surface area contributed by atoms with E-state index in [1.54, 1.807) is 35.2 Å². The van der Waals surface area contributed by atoms with Crippen LogP contribution in [0.1, 0.15) is 10.4 Å². The lowest BCUT2D eigenvalue weighted by Gasteiger charge is -2.37. The first kappa shape index (κ1) is 20.3. The van der Waals surface area contributed by atoms with Gasteiger partial charge in [0.2, 0.25) is 0 Å². The van der Waals surface area contributed by atoms with E-state index in [0.717, 1.165) is 0 Å². The average molecular weight is 432 g/mol. The summed E-state index contributed by atoms with van der Waals surface area (Å²) in [5.41, 5.74) is -0.377. The molecule has 0 saturated carbocycles. The molecule has 28 heavy (non-hydrogen) atoms. The Labute approximate surface area is 168 Å². The number of halogens is 5. The maximum atomic E-state index is 14.1. The average Bonchev–Trinajstić information content (AvgIpc) is 2.72. The third-order valence-corrected chi connectivity index (χ3v) is 5.02. The highest BCUT2D eigenvalue weighted by molar-refractivity contribution is 7.80. The SMILES string of the molecule is O=C(NC(=S)N1CCN(c2c(F)c(F)c(Cl)c(F)c2F)CC1)c1ccccc1. The van der Waals surface area contributed by atoms with Crippen LogP contribution in [0.25, 0.3) is 0 Å². The number of rotatable bonds is 2. The Kier molecular flexibility index (Phi) is 6.04. The summed E-state index contributed by atoms with van der Waals surface area (Å²) in [6.45, 7) is 0.461. The van der Waals surface area contributed by atoms with E-state index in [0.29, 0.717) is 5.56 Å². The van der Waals surface area contributed by atoms with Gasteiger partial charge in [-0.25, -0.2) is 17.6 Å². The number of carbonyl (C=O) groups is 1. The van der Waals surface area contributed by atoms with Gasteiger partial charge in [-0.3, -0.25) is 10.1 Å².